The molecule has 0 saturated carbocycles. The van der Waals surface area contributed by atoms with Crippen LogP contribution in [0.5, 0.6) is 0 Å². The van der Waals surface area contributed by atoms with Crippen LogP contribution in [0.3, 0.4) is 0 Å². The van der Waals surface area contributed by atoms with E-state index in [1.807, 2.05) is 30.3 Å². The highest BCUT2D eigenvalue weighted by Gasteiger charge is 2.39. The number of thioether (sulfide) groups is 1. The van der Waals surface area contributed by atoms with Gasteiger partial charge in [-0.15, -0.1) is 0 Å². The van der Waals surface area contributed by atoms with Crippen molar-refractivity contribution in [2.45, 2.75) is 17.2 Å². The molecule has 1 aromatic carbocycles. The van der Waals surface area contributed by atoms with Gasteiger partial charge < -0.3 is 10.6 Å². The maximum Gasteiger partial charge on any atom is 0.232 e. The summed E-state index contributed by atoms with van der Waals surface area (Å²) in [7, 11) is 0. The number of amides is 1. The SMILES string of the molecule is O=C1CC(=O)C2SC(Nc3ccccc3)N=C2N1. The Morgan fingerprint density at radius 3 is 2.83 bits per heavy atom. The summed E-state index contributed by atoms with van der Waals surface area (Å²) in [4.78, 5) is 27.3. The fourth-order valence-corrected chi connectivity index (χ4v) is 3.05. The molecule has 2 aliphatic heterocycles. The number of ketones is 1. The Bertz CT molecular complexity index is 529. The molecule has 0 radical (unpaired) electrons. The summed E-state index contributed by atoms with van der Waals surface area (Å²) >= 11 is 1.42. The van der Waals surface area contributed by atoms with E-state index in [4.69, 9.17) is 0 Å². The molecule has 0 aliphatic carbocycles. The Morgan fingerprint density at radius 1 is 1.28 bits per heavy atom. The quantitative estimate of drug-likeness (QED) is 0.779. The van der Waals surface area contributed by atoms with Crippen LogP contribution in [0.4, 0.5) is 5.69 Å². The minimum absolute atomic E-state index is 0.0469. The predicted molar refractivity (Wildman–Crippen MR) is 70.4 cm³/mol. The molecule has 18 heavy (non-hydrogen) atoms. The summed E-state index contributed by atoms with van der Waals surface area (Å²) in [5.74, 6) is 0.144. The fraction of sp³-hybridized carbons (Fsp3) is 0.250. The van der Waals surface area contributed by atoms with Gasteiger partial charge in [0.2, 0.25) is 5.91 Å². The molecule has 3 rings (SSSR count). The van der Waals surface area contributed by atoms with Gasteiger partial charge in [-0.3, -0.25) is 9.59 Å². The highest BCUT2D eigenvalue weighted by Crippen LogP contribution is 2.31. The number of hydrogen-bond donors (Lipinski definition) is 2. The van der Waals surface area contributed by atoms with E-state index in [1.165, 1.54) is 11.8 Å². The van der Waals surface area contributed by atoms with Crippen LogP contribution in [-0.2, 0) is 9.59 Å². The van der Waals surface area contributed by atoms with Crippen LogP contribution in [0.15, 0.2) is 35.3 Å². The van der Waals surface area contributed by atoms with Gasteiger partial charge in [0.15, 0.2) is 11.3 Å². The summed E-state index contributed by atoms with van der Waals surface area (Å²) in [6.07, 6.45) is -0.0469. The maximum atomic E-state index is 11.7. The first-order valence-corrected chi connectivity index (χ1v) is 6.54. The first kappa shape index (κ1) is 11.3. The number of para-hydroxylation sites is 1. The molecule has 6 heteroatoms. The summed E-state index contributed by atoms with van der Waals surface area (Å²) in [6.45, 7) is 0. The average Bonchev–Trinajstić information content (AvgIpc) is 2.73. The van der Waals surface area contributed by atoms with E-state index in [1.54, 1.807) is 0 Å². The lowest BCUT2D eigenvalue weighted by atomic mass is 10.1. The van der Waals surface area contributed by atoms with Gasteiger partial charge in [0.05, 0.1) is 6.42 Å². The summed E-state index contributed by atoms with van der Waals surface area (Å²) in [5.41, 5.74) is 0.714. The number of carbonyl (C=O) groups is 2. The van der Waals surface area contributed by atoms with Gasteiger partial charge in [0.25, 0.3) is 0 Å². The van der Waals surface area contributed by atoms with E-state index in [9.17, 15) is 9.59 Å². The number of benzene rings is 1. The van der Waals surface area contributed by atoms with E-state index >= 15 is 0 Å². The molecule has 5 nitrogen and oxygen atoms in total. The monoisotopic (exact) mass is 261 g/mol. The number of piperidine rings is 1. The Hall–Kier alpha value is -1.82. The van der Waals surface area contributed by atoms with Gasteiger partial charge in [-0.1, -0.05) is 30.0 Å². The van der Waals surface area contributed by atoms with Crippen LogP contribution in [0, 0.1) is 0 Å². The molecule has 1 aromatic rings. The van der Waals surface area contributed by atoms with Crippen molar-refractivity contribution in [2.24, 2.45) is 4.99 Å². The second-order valence-electron chi connectivity index (χ2n) is 4.08. The van der Waals surface area contributed by atoms with Gasteiger partial charge in [0, 0.05) is 5.69 Å². The first-order chi connectivity index (χ1) is 8.72. The third-order valence-corrected chi connectivity index (χ3v) is 3.97. The molecule has 0 bridgehead atoms. The molecule has 0 spiro atoms. The van der Waals surface area contributed by atoms with Crippen LogP contribution in [-0.4, -0.2) is 28.3 Å². The number of nitrogens with one attached hydrogen (secondary N) is 2. The van der Waals surface area contributed by atoms with Gasteiger partial charge in [-0.25, -0.2) is 4.99 Å². The minimum Gasteiger partial charge on any atom is -0.355 e. The van der Waals surface area contributed by atoms with Crippen LogP contribution in [0.2, 0.25) is 0 Å². The highest BCUT2D eigenvalue weighted by atomic mass is 32.2. The minimum atomic E-state index is -0.330. The van der Waals surface area contributed by atoms with Gasteiger partial charge in [-0.2, -0.15) is 0 Å². The van der Waals surface area contributed by atoms with E-state index < -0.39 is 0 Å². The van der Waals surface area contributed by atoms with Crippen molar-refractivity contribution < 1.29 is 9.59 Å². The van der Waals surface area contributed by atoms with Crippen molar-refractivity contribution in [3.05, 3.63) is 30.3 Å². The third kappa shape index (κ3) is 2.11. The van der Waals surface area contributed by atoms with Gasteiger partial charge in [0.1, 0.15) is 11.1 Å². The number of aliphatic imine (C=N–C) groups is 1. The molecule has 2 aliphatic rings. The zero-order valence-electron chi connectivity index (χ0n) is 9.42. The van der Waals surface area contributed by atoms with Crippen molar-refractivity contribution in [2.75, 3.05) is 5.32 Å². The van der Waals surface area contributed by atoms with Crippen molar-refractivity contribution in [3.63, 3.8) is 0 Å². The zero-order chi connectivity index (χ0) is 12.5. The smallest absolute Gasteiger partial charge is 0.232 e. The number of Topliss-reactive ketones (excluding diaryl/α,β-unsaturated/α-hetero) is 1. The van der Waals surface area contributed by atoms with Crippen LogP contribution >= 0.6 is 11.8 Å². The number of nitrogens with zero attached hydrogens (tertiary/aromatic N) is 1. The zero-order valence-corrected chi connectivity index (χ0v) is 10.2. The largest absolute Gasteiger partial charge is 0.355 e. The van der Waals surface area contributed by atoms with Crippen LogP contribution in [0.25, 0.3) is 0 Å². The van der Waals surface area contributed by atoms with Crippen molar-refractivity contribution in [1.82, 2.24) is 5.32 Å². The molecule has 2 unspecified atom stereocenters. The molecule has 1 fully saturated rings. The lowest BCUT2D eigenvalue weighted by molar-refractivity contribution is -0.127. The molecule has 2 heterocycles. The Balaban J connectivity index is 1.74. The van der Waals surface area contributed by atoms with Gasteiger partial charge >= 0.3 is 0 Å². The van der Waals surface area contributed by atoms with E-state index in [2.05, 4.69) is 15.6 Å². The normalized spacial score (nSPS) is 26.3. The Labute approximate surface area is 108 Å². The number of carbonyl (C=O) groups excluding carboxylic acids is 2. The lowest BCUT2D eigenvalue weighted by Crippen LogP contribution is -2.46. The maximum absolute atomic E-state index is 11.7. The molecule has 92 valence electrons. The summed E-state index contributed by atoms with van der Waals surface area (Å²) < 4.78 is 0. The van der Waals surface area contributed by atoms with Gasteiger partial charge in [-0.05, 0) is 12.1 Å². The molecule has 1 saturated heterocycles. The Kier molecular flexibility index (Phi) is 2.79. The van der Waals surface area contributed by atoms with Crippen molar-refractivity contribution in [1.29, 1.82) is 0 Å². The third-order valence-electron chi connectivity index (χ3n) is 2.73. The Morgan fingerprint density at radius 2 is 2.06 bits per heavy atom. The van der Waals surface area contributed by atoms with Crippen molar-refractivity contribution >= 4 is 35.0 Å². The molecular formula is C12H11N3O2S. The standard InChI is InChI=1S/C12H11N3O2S/c16-8-6-9(17)14-11-10(8)18-12(15-11)13-7-4-2-1-3-5-7/h1-5,10,12-13H,6H2,(H,14,15,17). The second-order valence-corrected chi connectivity index (χ2v) is 5.27. The van der Waals surface area contributed by atoms with E-state index in [0.717, 1.165) is 5.69 Å². The number of amidine groups is 1. The number of hydrogen-bond acceptors (Lipinski definition) is 5. The molecule has 0 aromatic heterocycles. The average molecular weight is 261 g/mol. The number of rotatable bonds is 2. The summed E-state index contributed by atoms with van der Waals surface area (Å²) in [5, 5.41) is 5.53. The number of anilines is 1. The fourth-order valence-electron chi connectivity index (χ4n) is 1.93. The molecule has 2 atom stereocenters. The number of fused-ring (bicyclic) bond motifs is 1. The predicted octanol–water partition coefficient (Wildman–Crippen LogP) is 0.985. The first-order valence-electron chi connectivity index (χ1n) is 5.60. The second kappa shape index (κ2) is 4.45. The summed E-state index contributed by atoms with van der Waals surface area (Å²) in [6, 6.07) is 9.65. The molecule has 1 amide bonds. The van der Waals surface area contributed by atoms with Crippen molar-refractivity contribution in [3.8, 4) is 0 Å². The highest BCUT2D eigenvalue weighted by molar-refractivity contribution is 8.02. The van der Waals surface area contributed by atoms with E-state index in [0.29, 0.717) is 5.84 Å². The lowest BCUT2D eigenvalue weighted by Gasteiger charge is -2.17. The van der Waals surface area contributed by atoms with Crippen LogP contribution < -0.4 is 10.6 Å². The topological polar surface area (TPSA) is 70.6 Å². The molecular weight excluding hydrogens is 250 g/mol. The molecule has 2 N–H and O–H groups in total. The van der Waals surface area contributed by atoms with E-state index in [-0.39, 0.29) is 28.9 Å². The van der Waals surface area contributed by atoms with Crippen LogP contribution in [0.1, 0.15) is 6.42 Å².